The Balaban J connectivity index is 2.24. The van der Waals surface area contributed by atoms with Crippen LogP contribution in [0.25, 0.3) is 0 Å². The highest BCUT2D eigenvalue weighted by molar-refractivity contribution is 6.32. The molecule has 2 aromatic rings. The van der Waals surface area contributed by atoms with Crippen molar-refractivity contribution in [2.24, 2.45) is 0 Å². The maximum absolute atomic E-state index is 12.5. The monoisotopic (exact) mass is 311 g/mol. The quantitative estimate of drug-likeness (QED) is 0.824. The molecular weight excluding hydrogens is 297 g/mol. The van der Waals surface area contributed by atoms with E-state index in [0.717, 1.165) is 5.56 Å². The summed E-state index contributed by atoms with van der Waals surface area (Å²) in [5.74, 6) is -0.154. The minimum absolute atomic E-state index is 0.0347. The fraction of sp³-hybridized carbons (Fsp3) is 0.267. The number of furan rings is 1. The third-order valence-corrected chi connectivity index (χ3v) is 3.50. The first kappa shape index (κ1) is 14.9. The van der Waals surface area contributed by atoms with Gasteiger partial charge >= 0.3 is 0 Å². The molecule has 0 atom stereocenters. The van der Waals surface area contributed by atoms with E-state index in [4.69, 9.17) is 27.6 Å². The number of hydrogen-bond donors (Lipinski definition) is 0. The van der Waals surface area contributed by atoms with Gasteiger partial charge in [-0.25, -0.2) is 0 Å². The van der Waals surface area contributed by atoms with Crippen LogP contribution in [0, 0.1) is 0 Å². The van der Waals surface area contributed by atoms with Gasteiger partial charge in [-0.3, -0.25) is 4.79 Å². The van der Waals surface area contributed by atoms with E-state index >= 15 is 0 Å². The Kier molecular flexibility index (Phi) is 4.73. The van der Waals surface area contributed by atoms with Crippen molar-refractivity contribution in [2.45, 2.75) is 26.4 Å². The molecule has 3 nitrogen and oxygen atoms in total. The van der Waals surface area contributed by atoms with Gasteiger partial charge in [-0.1, -0.05) is 23.7 Å². The molecule has 0 saturated heterocycles. The molecule has 1 amide bonds. The number of rotatable bonds is 4. The standard InChI is InChI=1S/C15H15Cl2NO2/c1-10(2)18(9-11-4-3-5-12(16)8-11)15(19)13-6-7-20-14(13)17/h3-8,10H,9H2,1-2H3. The Bertz CT molecular complexity index is 607. The summed E-state index contributed by atoms with van der Waals surface area (Å²) in [6.07, 6.45) is 1.41. The number of hydrogen-bond acceptors (Lipinski definition) is 2. The Hall–Kier alpha value is -1.45. The second-order valence-corrected chi connectivity index (χ2v) is 5.54. The summed E-state index contributed by atoms with van der Waals surface area (Å²) in [5, 5.41) is 0.770. The molecular formula is C15H15Cl2NO2. The van der Waals surface area contributed by atoms with Crippen molar-refractivity contribution in [1.29, 1.82) is 0 Å². The Morgan fingerprint density at radius 2 is 2.05 bits per heavy atom. The minimum atomic E-state index is -0.154. The fourth-order valence-corrected chi connectivity index (χ4v) is 2.33. The highest BCUT2D eigenvalue weighted by atomic mass is 35.5. The maximum atomic E-state index is 12.5. The summed E-state index contributed by atoms with van der Waals surface area (Å²) in [6.45, 7) is 4.38. The van der Waals surface area contributed by atoms with Gasteiger partial charge in [-0.15, -0.1) is 0 Å². The van der Waals surface area contributed by atoms with E-state index in [9.17, 15) is 4.79 Å². The van der Waals surface area contributed by atoms with Crippen LogP contribution in [0.5, 0.6) is 0 Å². The zero-order valence-corrected chi connectivity index (χ0v) is 12.8. The van der Waals surface area contributed by atoms with Crippen LogP contribution in [-0.4, -0.2) is 16.8 Å². The topological polar surface area (TPSA) is 33.5 Å². The van der Waals surface area contributed by atoms with Crippen molar-refractivity contribution in [3.63, 3.8) is 0 Å². The van der Waals surface area contributed by atoms with Gasteiger partial charge in [0.25, 0.3) is 5.91 Å². The molecule has 1 aromatic heterocycles. The van der Waals surface area contributed by atoms with Crippen molar-refractivity contribution in [2.75, 3.05) is 0 Å². The summed E-state index contributed by atoms with van der Waals surface area (Å²) in [7, 11) is 0. The molecule has 0 spiro atoms. The zero-order chi connectivity index (χ0) is 14.7. The van der Waals surface area contributed by atoms with Gasteiger partial charge in [-0.05, 0) is 49.2 Å². The number of amides is 1. The fourth-order valence-electron chi connectivity index (χ4n) is 1.92. The third kappa shape index (κ3) is 3.35. The Morgan fingerprint density at radius 3 is 2.60 bits per heavy atom. The highest BCUT2D eigenvalue weighted by Crippen LogP contribution is 2.22. The van der Waals surface area contributed by atoms with Crippen LogP contribution in [0.4, 0.5) is 0 Å². The predicted molar refractivity (Wildman–Crippen MR) is 80.2 cm³/mol. The van der Waals surface area contributed by atoms with Gasteiger partial charge in [0, 0.05) is 17.6 Å². The van der Waals surface area contributed by atoms with Crippen LogP contribution in [0.1, 0.15) is 29.8 Å². The SMILES string of the molecule is CC(C)N(Cc1cccc(Cl)c1)C(=O)c1ccoc1Cl. The molecule has 0 N–H and O–H groups in total. The molecule has 0 unspecified atom stereocenters. The summed E-state index contributed by atoms with van der Waals surface area (Å²) < 4.78 is 4.98. The first-order valence-corrected chi connectivity index (χ1v) is 7.03. The smallest absolute Gasteiger partial charge is 0.259 e. The molecule has 0 bridgehead atoms. The molecule has 0 saturated carbocycles. The second kappa shape index (κ2) is 6.33. The summed E-state index contributed by atoms with van der Waals surface area (Å²) in [4.78, 5) is 14.2. The normalized spacial score (nSPS) is 10.8. The lowest BCUT2D eigenvalue weighted by Crippen LogP contribution is -2.36. The highest BCUT2D eigenvalue weighted by Gasteiger charge is 2.22. The van der Waals surface area contributed by atoms with E-state index in [1.54, 1.807) is 17.0 Å². The first-order valence-electron chi connectivity index (χ1n) is 6.27. The summed E-state index contributed by atoms with van der Waals surface area (Å²) in [5.41, 5.74) is 1.35. The van der Waals surface area contributed by atoms with Crippen LogP contribution in [0.3, 0.4) is 0 Å². The van der Waals surface area contributed by atoms with Crippen molar-refractivity contribution < 1.29 is 9.21 Å². The van der Waals surface area contributed by atoms with Gasteiger partial charge in [0.05, 0.1) is 11.8 Å². The van der Waals surface area contributed by atoms with Crippen molar-refractivity contribution in [3.05, 3.63) is 58.0 Å². The Morgan fingerprint density at radius 1 is 1.30 bits per heavy atom. The van der Waals surface area contributed by atoms with Gasteiger partial charge in [0.1, 0.15) is 0 Å². The van der Waals surface area contributed by atoms with E-state index in [2.05, 4.69) is 0 Å². The average molecular weight is 312 g/mol. The zero-order valence-electron chi connectivity index (χ0n) is 11.3. The lowest BCUT2D eigenvalue weighted by atomic mass is 10.1. The van der Waals surface area contributed by atoms with Crippen LogP contribution in [0.15, 0.2) is 41.0 Å². The van der Waals surface area contributed by atoms with Crippen molar-refractivity contribution >= 4 is 29.1 Å². The second-order valence-electron chi connectivity index (χ2n) is 4.76. The van der Waals surface area contributed by atoms with Gasteiger partial charge < -0.3 is 9.32 Å². The number of carbonyl (C=O) groups is 1. The molecule has 0 aliphatic heterocycles. The van der Waals surface area contributed by atoms with E-state index in [0.29, 0.717) is 17.1 Å². The molecule has 0 aliphatic carbocycles. The van der Waals surface area contributed by atoms with Crippen LogP contribution in [-0.2, 0) is 6.54 Å². The first-order chi connectivity index (χ1) is 9.49. The van der Waals surface area contributed by atoms with Crippen LogP contribution >= 0.6 is 23.2 Å². The number of benzene rings is 1. The molecule has 1 aromatic carbocycles. The summed E-state index contributed by atoms with van der Waals surface area (Å²) in [6, 6.07) is 9.07. The van der Waals surface area contributed by atoms with E-state index < -0.39 is 0 Å². The minimum Gasteiger partial charge on any atom is -0.452 e. The van der Waals surface area contributed by atoms with Crippen molar-refractivity contribution in [1.82, 2.24) is 4.90 Å². The lowest BCUT2D eigenvalue weighted by molar-refractivity contribution is 0.0690. The predicted octanol–water partition coefficient (Wildman–Crippen LogP) is 4.64. The van der Waals surface area contributed by atoms with E-state index in [1.807, 2.05) is 32.0 Å². The van der Waals surface area contributed by atoms with Gasteiger partial charge in [0.15, 0.2) is 0 Å². The lowest BCUT2D eigenvalue weighted by Gasteiger charge is -2.26. The number of nitrogens with zero attached hydrogens (tertiary/aromatic N) is 1. The molecule has 0 aliphatic rings. The molecule has 106 valence electrons. The molecule has 20 heavy (non-hydrogen) atoms. The van der Waals surface area contributed by atoms with Crippen LogP contribution < -0.4 is 0 Å². The van der Waals surface area contributed by atoms with Crippen LogP contribution in [0.2, 0.25) is 10.2 Å². The molecule has 1 heterocycles. The molecule has 5 heteroatoms. The number of halogens is 2. The molecule has 0 radical (unpaired) electrons. The Labute approximate surface area is 128 Å². The van der Waals surface area contributed by atoms with Gasteiger partial charge in [-0.2, -0.15) is 0 Å². The van der Waals surface area contributed by atoms with E-state index in [1.165, 1.54) is 6.26 Å². The largest absolute Gasteiger partial charge is 0.452 e. The molecule has 2 rings (SSSR count). The average Bonchev–Trinajstić information content (AvgIpc) is 2.81. The van der Waals surface area contributed by atoms with Gasteiger partial charge in [0.2, 0.25) is 5.22 Å². The number of carbonyl (C=O) groups excluding carboxylic acids is 1. The van der Waals surface area contributed by atoms with Crippen molar-refractivity contribution in [3.8, 4) is 0 Å². The third-order valence-electron chi connectivity index (χ3n) is 2.97. The van der Waals surface area contributed by atoms with E-state index in [-0.39, 0.29) is 17.2 Å². The summed E-state index contributed by atoms with van der Waals surface area (Å²) >= 11 is 11.8. The maximum Gasteiger partial charge on any atom is 0.259 e. The molecule has 0 fully saturated rings.